The van der Waals surface area contributed by atoms with Gasteiger partial charge in [-0.2, -0.15) is 0 Å². The van der Waals surface area contributed by atoms with Gasteiger partial charge in [-0.25, -0.2) is 14.4 Å². The van der Waals surface area contributed by atoms with E-state index in [0.717, 1.165) is 5.82 Å². The zero-order valence-corrected chi connectivity index (χ0v) is 13.5. The van der Waals surface area contributed by atoms with E-state index in [1.54, 1.807) is 12.1 Å². The molecule has 0 aliphatic carbocycles. The predicted molar refractivity (Wildman–Crippen MR) is 94.3 cm³/mol. The van der Waals surface area contributed by atoms with Gasteiger partial charge >= 0.3 is 0 Å². The van der Waals surface area contributed by atoms with Gasteiger partial charge in [-0.15, -0.1) is 0 Å². The van der Waals surface area contributed by atoms with Gasteiger partial charge in [0, 0.05) is 24.7 Å². The highest BCUT2D eigenvalue weighted by molar-refractivity contribution is 5.47. The molecule has 122 valence electrons. The second kappa shape index (κ2) is 7.55. The van der Waals surface area contributed by atoms with Crippen LogP contribution in [0.1, 0.15) is 16.7 Å². The number of hydrogen-bond donors (Lipinski definition) is 2. The van der Waals surface area contributed by atoms with E-state index in [0.29, 0.717) is 24.5 Å². The molecule has 3 rings (SSSR count). The van der Waals surface area contributed by atoms with Gasteiger partial charge in [0.1, 0.15) is 23.8 Å². The maximum absolute atomic E-state index is 13.6. The molecule has 1 aromatic heterocycles. The largest absolute Gasteiger partial charge is 0.366 e. The number of halogens is 1. The van der Waals surface area contributed by atoms with Crippen molar-refractivity contribution in [2.24, 2.45) is 0 Å². The molecular weight excluding hydrogens is 303 g/mol. The van der Waals surface area contributed by atoms with Crippen molar-refractivity contribution in [1.29, 1.82) is 0 Å². The number of rotatable bonds is 6. The van der Waals surface area contributed by atoms with E-state index in [-0.39, 0.29) is 5.82 Å². The van der Waals surface area contributed by atoms with Crippen molar-refractivity contribution >= 4 is 11.6 Å². The van der Waals surface area contributed by atoms with Gasteiger partial charge in [-0.1, -0.05) is 42.5 Å². The number of anilines is 2. The van der Waals surface area contributed by atoms with Crippen LogP contribution in [0.2, 0.25) is 0 Å². The lowest BCUT2D eigenvalue weighted by Crippen LogP contribution is -2.06. The van der Waals surface area contributed by atoms with Crippen LogP contribution < -0.4 is 10.6 Å². The van der Waals surface area contributed by atoms with Crippen molar-refractivity contribution in [1.82, 2.24) is 9.97 Å². The van der Waals surface area contributed by atoms with Gasteiger partial charge < -0.3 is 10.6 Å². The summed E-state index contributed by atoms with van der Waals surface area (Å²) < 4.78 is 13.6. The van der Waals surface area contributed by atoms with Crippen LogP contribution in [0.4, 0.5) is 16.0 Å². The maximum atomic E-state index is 13.6. The Bertz CT molecular complexity index is 755. The number of nitrogens with one attached hydrogen (secondary N) is 2. The fraction of sp³-hybridized carbons (Fsp3) is 0.158. The Morgan fingerprint density at radius 2 is 1.42 bits per heavy atom. The highest BCUT2D eigenvalue weighted by Crippen LogP contribution is 2.14. The van der Waals surface area contributed by atoms with Gasteiger partial charge in [0.25, 0.3) is 0 Å². The molecule has 0 aliphatic heterocycles. The van der Waals surface area contributed by atoms with Crippen molar-refractivity contribution < 1.29 is 4.39 Å². The van der Waals surface area contributed by atoms with Crippen molar-refractivity contribution in [3.05, 3.63) is 83.4 Å². The number of hydrogen-bond acceptors (Lipinski definition) is 4. The highest BCUT2D eigenvalue weighted by atomic mass is 19.1. The lowest BCUT2D eigenvalue weighted by atomic mass is 10.1. The maximum Gasteiger partial charge on any atom is 0.131 e. The van der Waals surface area contributed by atoms with E-state index in [1.165, 1.54) is 23.5 Å². The molecule has 0 unspecified atom stereocenters. The molecule has 5 heteroatoms. The summed E-state index contributed by atoms with van der Waals surface area (Å²) in [4.78, 5) is 8.39. The number of aromatic nitrogens is 2. The normalized spacial score (nSPS) is 10.4. The molecule has 0 fully saturated rings. The third kappa shape index (κ3) is 4.07. The van der Waals surface area contributed by atoms with Crippen LogP contribution in [0.5, 0.6) is 0 Å². The molecule has 0 saturated carbocycles. The van der Waals surface area contributed by atoms with Crippen molar-refractivity contribution in [3.8, 4) is 0 Å². The van der Waals surface area contributed by atoms with Crippen LogP contribution in [0.3, 0.4) is 0 Å². The van der Waals surface area contributed by atoms with Gasteiger partial charge in [-0.05, 0) is 24.1 Å². The summed E-state index contributed by atoms with van der Waals surface area (Å²) in [5.74, 6) is 1.15. The third-order valence-electron chi connectivity index (χ3n) is 3.81. The Hall–Kier alpha value is -2.95. The highest BCUT2D eigenvalue weighted by Gasteiger charge is 2.03. The second-order valence-corrected chi connectivity index (χ2v) is 5.51. The summed E-state index contributed by atoms with van der Waals surface area (Å²) in [5, 5.41) is 6.41. The summed E-state index contributed by atoms with van der Waals surface area (Å²) in [6, 6.07) is 16.7. The molecule has 24 heavy (non-hydrogen) atoms. The van der Waals surface area contributed by atoms with E-state index in [4.69, 9.17) is 0 Å². The molecule has 2 N–H and O–H groups in total. The predicted octanol–water partition coefficient (Wildman–Crippen LogP) is 4.15. The van der Waals surface area contributed by atoms with Crippen molar-refractivity contribution in [2.45, 2.75) is 20.0 Å². The Morgan fingerprint density at radius 1 is 0.833 bits per heavy atom. The Balaban J connectivity index is 1.62. The lowest BCUT2D eigenvalue weighted by Gasteiger charge is -2.10. The van der Waals surface area contributed by atoms with E-state index in [2.05, 4.69) is 39.7 Å². The zero-order chi connectivity index (χ0) is 16.8. The summed E-state index contributed by atoms with van der Waals surface area (Å²) in [7, 11) is 0. The van der Waals surface area contributed by atoms with Crippen LogP contribution >= 0.6 is 0 Å². The number of aryl methyl sites for hydroxylation is 1. The lowest BCUT2D eigenvalue weighted by molar-refractivity contribution is 0.613. The summed E-state index contributed by atoms with van der Waals surface area (Å²) >= 11 is 0. The van der Waals surface area contributed by atoms with Gasteiger partial charge in [0.05, 0.1) is 0 Å². The third-order valence-corrected chi connectivity index (χ3v) is 3.81. The first-order chi connectivity index (χ1) is 11.7. The quantitative estimate of drug-likeness (QED) is 0.716. The Kier molecular flexibility index (Phi) is 5.01. The molecule has 2 aromatic carbocycles. The van der Waals surface area contributed by atoms with Crippen LogP contribution in [0.25, 0.3) is 0 Å². The summed E-state index contributed by atoms with van der Waals surface area (Å²) in [6.07, 6.45) is 1.49. The van der Waals surface area contributed by atoms with Gasteiger partial charge in [0.15, 0.2) is 0 Å². The first-order valence-corrected chi connectivity index (χ1v) is 7.80. The van der Waals surface area contributed by atoms with E-state index in [9.17, 15) is 4.39 Å². The zero-order valence-electron chi connectivity index (χ0n) is 13.5. The molecule has 0 amide bonds. The van der Waals surface area contributed by atoms with Gasteiger partial charge in [-0.3, -0.25) is 0 Å². The second-order valence-electron chi connectivity index (χ2n) is 5.51. The smallest absolute Gasteiger partial charge is 0.131 e. The number of benzene rings is 2. The van der Waals surface area contributed by atoms with E-state index in [1.807, 2.05) is 24.3 Å². The molecule has 0 radical (unpaired) electrons. The van der Waals surface area contributed by atoms with Crippen LogP contribution in [-0.2, 0) is 13.1 Å². The first kappa shape index (κ1) is 15.9. The molecule has 3 aromatic rings. The summed E-state index contributed by atoms with van der Waals surface area (Å²) in [5.41, 5.74) is 3.06. The molecule has 0 atom stereocenters. The average Bonchev–Trinajstić information content (AvgIpc) is 2.61. The SMILES string of the molecule is Cc1ccccc1CNc1cc(NCc2ccccc2F)ncn1. The van der Waals surface area contributed by atoms with Gasteiger partial charge in [0.2, 0.25) is 0 Å². The monoisotopic (exact) mass is 322 g/mol. The fourth-order valence-corrected chi connectivity index (χ4v) is 2.37. The van der Waals surface area contributed by atoms with Crippen LogP contribution in [-0.4, -0.2) is 9.97 Å². The minimum Gasteiger partial charge on any atom is -0.366 e. The van der Waals surface area contributed by atoms with E-state index < -0.39 is 0 Å². The van der Waals surface area contributed by atoms with Crippen molar-refractivity contribution in [3.63, 3.8) is 0 Å². The summed E-state index contributed by atoms with van der Waals surface area (Å²) in [6.45, 7) is 3.15. The average molecular weight is 322 g/mol. The Labute approximate surface area is 140 Å². The molecule has 0 spiro atoms. The standard InChI is InChI=1S/C19H19FN4/c1-14-6-2-3-7-15(14)11-21-18-10-19(24-13-23-18)22-12-16-8-4-5-9-17(16)20/h2-10,13H,11-12H2,1H3,(H2,21,22,23,24). The first-order valence-electron chi connectivity index (χ1n) is 7.80. The minimum atomic E-state index is -0.225. The number of nitrogens with zero attached hydrogens (tertiary/aromatic N) is 2. The van der Waals surface area contributed by atoms with Crippen molar-refractivity contribution in [2.75, 3.05) is 10.6 Å². The molecule has 0 bridgehead atoms. The molecule has 1 heterocycles. The molecule has 4 nitrogen and oxygen atoms in total. The topological polar surface area (TPSA) is 49.8 Å². The van der Waals surface area contributed by atoms with E-state index >= 15 is 0 Å². The molecule has 0 aliphatic rings. The molecular formula is C19H19FN4. The Morgan fingerprint density at radius 3 is 2.08 bits per heavy atom. The minimum absolute atomic E-state index is 0.225. The van der Waals surface area contributed by atoms with Crippen LogP contribution in [0, 0.1) is 12.7 Å². The molecule has 0 saturated heterocycles. The van der Waals surface area contributed by atoms with Crippen LogP contribution in [0.15, 0.2) is 60.9 Å². The fourth-order valence-electron chi connectivity index (χ4n) is 2.37.